The number of hydrogen-bond acceptors (Lipinski definition) is 3. The number of amides is 2. The molecule has 0 aromatic carbocycles. The predicted octanol–water partition coefficient (Wildman–Crippen LogP) is 3.30. The summed E-state index contributed by atoms with van der Waals surface area (Å²) in [6, 6.07) is 3.83. The maximum atomic E-state index is 13.2. The van der Waals surface area contributed by atoms with Gasteiger partial charge in [0, 0.05) is 31.9 Å². The summed E-state index contributed by atoms with van der Waals surface area (Å²) in [5, 5.41) is 3.09. The van der Waals surface area contributed by atoms with E-state index in [0.29, 0.717) is 24.8 Å². The molecule has 1 aliphatic heterocycles. The Hall–Kier alpha value is -1.91. The second kappa shape index (κ2) is 8.19. The molecule has 1 saturated carbocycles. The molecule has 0 spiro atoms. The Morgan fingerprint density at radius 3 is 2.77 bits per heavy atom. The van der Waals surface area contributed by atoms with E-state index < -0.39 is 5.54 Å². The van der Waals surface area contributed by atoms with Gasteiger partial charge >= 0.3 is 0 Å². The van der Waals surface area contributed by atoms with Gasteiger partial charge in [0.15, 0.2) is 0 Å². The first-order valence-corrected chi connectivity index (χ1v) is 9.99. The first kappa shape index (κ1) is 18.9. The van der Waals surface area contributed by atoms with Gasteiger partial charge in [-0.25, -0.2) is 0 Å². The van der Waals surface area contributed by atoms with E-state index in [4.69, 9.17) is 0 Å². The average molecular weight is 357 g/mol. The van der Waals surface area contributed by atoms with Gasteiger partial charge in [-0.2, -0.15) is 0 Å². The van der Waals surface area contributed by atoms with Gasteiger partial charge in [0.25, 0.3) is 0 Å². The van der Waals surface area contributed by atoms with E-state index in [9.17, 15) is 9.59 Å². The van der Waals surface area contributed by atoms with Crippen molar-refractivity contribution in [3.05, 3.63) is 30.1 Å². The van der Waals surface area contributed by atoms with Gasteiger partial charge < -0.3 is 10.2 Å². The van der Waals surface area contributed by atoms with Crippen LogP contribution in [0.25, 0.3) is 0 Å². The van der Waals surface area contributed by atoms with Crippen molar-refractivity contribution in [2.75, 3.05) is 6.54 Å². The van der Waals surface area contributed by atoms with Gasteiger partial charge in [0.2, 0.25) is 11.8 Å². The molecule has 3 rings (SSSR count). The summed E-state index contributed by atoms with van der Waals surface area (Å²) in [7, 11) is 0. The van der Waals surface area contributed by atoms with Crippen molar-refractivity contribution in [3.8, 4) is 0 Å². The molecule has 142 valence electrons. The van der Waals surface area contributed by atoms with Crippen LogP contribution in [0.2, 0.25) is 0 Å². The van der Waals surface area contributed by atoms with Crippen LogP contribution in [0, 0.1) is 11.8 Å². The highest BCUT2D eigenvalue weighted by atomic mass is 16.2. The summed E-state index contributed by atoms with van der Waals surface area (Å²) in [5.74, 6) is 1.13. The number of pyridine rings is 1. The Morgan fingerprint density at radius 2 is 2.12 bits per heavy atom. The minimum absolute atomic E-state index is 0.0135. The molecule has 1 aliphatic carbocycles. The first-order chi connectivity index (χ1) is 12.5. The van der Waals surface area contributed by atoms with Crippen molar-refractivity contribution in [1.29, 1.82) is 0 Å². The second-order valence-corrected chi connectivity index (χ2v) is 8.34. The SMILES string of the molecule is CC(C)C[C@H]1CC(=O)N(C2(C(=O)NCc3cccnc3)CCCCC2)C1. The van der Waals surface area contributed by atoms with Crippen LogP contribution < -0.4 is 5.32 Å². The molecule has 5 nitrogen and oxygen atoms in total. The standard InChI is InChI=1S/C21H31N3O2/c1-16(2)11-18-12-19(25)24(15-18)21(8-4-3-5-9-21)20(26)23-14-17-7-6-10-22-13-17/h6-7,10,13,16,18H,3-5,8-9,11-12,14-15H2,1-2H3,(H,23,26)/t18-/m0/s1. The van der Waals surface area contributed by atoms with Crippen molar-refractivity contribution < 1.29 is 9.59 Å². The van der Waals surface area contributed by atoms with Gasteiger partial charge in [-0.15, -0.1) is 0 Å². The van der Waals surface area contributed by atoms with Gasteiger partial charge in [0.1, 0.15) is 5.54 Å². The molecule has 5 heteroatoms. The summed E-state index contributed by atoms with van der Waals surface area (Å²) in [4.78, 5) is 32.0. The molecule has 1 atom stereocenters. The summed E-state index contributed by atoms with van der Waals surface area (Å²) >= 11 is 0. The minimum Gasteiger partial charge on any atom is -0.350 e. The summed E-state index contributed by atoms with van der Waals surface area (Å²) in [5.41, 5.74) is 0.334. The number of nitrogens with one attached hydrogen (secondary N) is 1. The molecule has 2 aliphatic rings. The summed E-state index contributed by atoms with van der Waals surface area (Å²) in [6.45, 7) is 5.59. The lowest BCUT2D eigenvalue weighted by atomic mass is 9.79. The van der Waals surface area contributed by atoms with E-state index >= 15 is 0 Å². The number of aromatic nitrogens is 1. The largest absolute Gasteiger partial charge is 0.350 e. The number of rotatable bonds is 6. The highest BCUT2D eigenvalue weighted by Crippen LogP contribution is 2.39. The molecule has 0 radical (unpaired) electrons. The molecular formula is C21H31N3O2. The molecule has 2 amide bonds. The normalized spacial score (nSPS) is 22.7. The van der Waals surface area contributed by atoms with Crippen LogP contribution >= 0.6 is 0 Å². The molecule has 0 unspecified atom stereocenters. The molecule has 1 N–H and O–H groups in total. The first-order valence-electron chi connectivity index (χ1n) is 9.99. The zero-order chi connectivity index (χ0) is 18.6. The Kier molecular flexibility index (Phi) is 5.94. The second-order valence-electron chi connectivity index (χ2n) is 8.34. The fraction of sp³-hybridized carbons (Fsp3) is 0.667. The Morgan fingerprint density at radius 1 is 1.35 bits per heavy atom. The van der Waals surface area contributed by atoms with E-state index in [-0.39, 0.29) is 11.8 Å². The zero-order valence-electron chi connectivity index (χ0n) is 16.0. The number of likely N-dealkylation sites (tertiary alicyclic amines) is 1. The molecule has 2 heterocycles. The molecule has 1 saturated heterocycles. The maximum Gasteiger partial charge on any atom is 0.246 e. The number of carbonyl (C=O) groups excluding carboxylic acids is 2. The van der Waals surface area contributed by atoms with E-state index in [2.05, 4.69) is 24.1 Å². The van der Waals surface area contributed by atoms with Crippen molar-refractivity contribution >= 4 is 11.8 Å². The maximum absolute atomic E-state index is 13.2. The minimum atomic E-state index is -0.650. The third-order valence-corrected chi connectivity index (χ3v) is 5.81. The lowest BCUT2D eigenvalue weighted by molar-refractivity contribution is -0.147. The van der Waals surface area contributed by atoms with Crippen LogP contribution in [0.5, 0.6) is 0 Å². The number of nitrogens with zero attached hydrogens (tertiary/aromatic N) is 2. The fourth-order valence-corrected chi connectivity index (χ4v) is 4.63. The summed E-state index contributed by atoms with van der Waals surface area (Å²) in [6.07, 6.45) is 9.88. The number of carbonyl (C=O) groups is 2. The van der Waals surface area contributed by atoms with E-state index in [1.165, 1.54) is 0 Å². The fourth-order valence-electron chi connectivity index (χ4n) is 4.63. The lowest BCUT2D eigenvalue weighted by Crippen LogP contribution is -2.60. The topological polar surface area (TPSA) is 62.3 Å². The Balaban J connectivity index is 1.73. The van der Waals surface area contributed by atoms with Gasteiger partial charge in [-0.1, -0.05) is 39.2 Å². The van der Waals surface area contributed by atoms with Gasteiger partial charge in [-0.05, 0) is 42.7 Å². The van der Waals surface area contributed by atoms with Gasteiger partial charge in [-0.3, -0.25) is 14.6 Å². The highest BCUT2D eigenvalue weighted by Gasteiger charge is 2.49. The quantitative estimate of drug-likeness (QED) is 0.850. The van der Waals surface area contributed by atoms with Crippen molar-refractivity contribution in [2.45, 2.75) is 70.9 Å². The van der Waals surface area contributed by atoms with E-state index in [1.54, 1.807) is 12.4 Å². The van der Waals surface area contributed by atoms with E-state index in [0.717, 1.165) is 50.6 Å². The van der Waals surface area contributed by atoms with Crippen LogP contribution in [0.3, 0.4) is 0 Å². The summed E-state index contributed by atoms with van der Waals surface area (Å²) < 4.78 is 0. The van der Waals surface area contributed by atoms with Crippen LogP contribution in [0.4, 0.5) is 0 Å². The smallest absolute Gasteiger partial charge is 0.246 e. The van der Waals surface area contributed by atoms with Crippen LogP contribution in [-0.4, -0.2) is 33.8 Å². The van der Waals surface area contributed by atoms with Crippen LogP contribution in [0.1, 0.15) is 64.4 Å². The van der Waals surface area contributed by atoms with Crippen LogP contribution in [-0.2, 0) is 16.1 Å². The van der Waals surface area contributed by atoms with Gasteiger partial charge in [0.05, 0.1) is 0 Å². The van der Waals surface area contributed by atoms with Crippen molar-refractivity contribution in [1.82, 2.24) is 15.2 Å². The molecule has 26 heavy (non-hydrogen) atoms. The molecule has 1 aromatic heterocycles. The van der Waals surface area contributed by atoms with Crippen molar-refractivity contribution in [3.63, 3.8) is 0 Å². The highest BCUT2D eigenvalue weighted by molar-refractivity contribution is 5.92. The molecule has 2 fully saturated rings. The van der Waals surface area contributed by atoms with Crippen molar-refractivity contribution in [2.24, 2.45) is 11.8 Å². The van der Waals surface area contributed by atoms with Crippen LogP contribution in [0.15, 0.2) is 24.5 Å². The third-order valence-electron chi connectivity index (χ3n) is 5.81. The Labute approximate surface area is 156 Å². The number of hydrogen-bond donors (Lipinski definition) is 1. The molecule has 0 bridgehead atoms. The average Bonchev–Trinajstić information content (AvgIpc) is 3.01. The third kappa shape index (κ3) is 4.08. The molecule has 1 aromatic rings. The monoisotopic (exact) mass is 357 g/mol. The lowest BCUT2D eigenvalue weighted by Gasteiger charge is -2.43. The molecular weight excluding hydrogens is 326 g/mol. The predicted molar refractivity (Wildman–Crippen MR) is 101 cm³/mol. The zero-order valence-corrected chi connectivity index (χ0v) is 16.0. The Bertz CT molecular complexity index is 623. The van der Waals surface area contributed by atoms with E-state index in [1.807, 2.05) is 17.0 Å².